The Bertz CT molecular complexity index is 1380. The highest BCUT2D eigenvalue weighted by Crippen LogP contribution is 2.34. The number of rotatable bonds is 10. The molecule has 1 aromatic heterocycles. The monoisotopic (exact) mass is 605 g/mol. The number of alkyl halides is 3. The van der Waals surface area contributed by atoms with Crippen LogP contribution < -0.4 is 4.74 Å². The molecule has 2 heterocycles. The first-order valence-corrected chi connectivity index (χ1v) is 12.5. The predicted octanol–water partition coefficient (Wildman–Crippen LogP) is 2.85. The van der Waals surface area contributed by atoms with E-state index in [4.69, 9.17) is 9.47 Å². The van der Waals surface area contributed by atoms with Crippen LogP contribution in [0.3, 0.4) is 0 Å². The topological polar surface area (TPSA) is 136 Å². The van der Waals surface area contributed by atoms with Gasteiger partial charge in [0, 0.05) is 12.0 Å². The maximum absolute atomic E-state index is 13.8. The predicted molar refractivity (Wildman–Crippen MR) is 129 cm³/mol. The number of hydrogen-bond donors (Lipinski definition) is 3. The molecule has 42 heavy (non-hydrogen) atoms. The quantitative estimate of drug-likeness (QED) is 0.236. The summed E-state index contributed by atoms with van der Waals surface area (Å²) in [5, 5.41) is 39.5. The van der Waals surface area contributed by atoms with E-state index >= 15 is 0 Å². The van der Waals surface area contributed by atoms with Gasteiger partial charge < -0.3 is 29.5 Å². The molecule has 10 nitrogen and oxygen atoms in total. The van der Waals surface area contributed by atoms with Crippen LogP contribution in [-0.2, 0) is 20.9 Å². The van der Waals surface area contributed by atoms with Crippen LogP contribution in [-0.4, -0.2) is 79.6 Å². The van der Waals surface area contributed by atoms with Crippen LogP contribution >= 0.6 is 0 Å². The molecule has 2 aromatic carbocycles. The zero-order chi connectivity index (χ0) is 30.8. The fraction of sp³-hybridized carbons (Fsp3) is 0.423. The third kappa shape index (κ3) is 6.90. The highest BCUT2D eigenvalue weighted by molar-refractivity contribution is 5.83. The van der Waals surface area contributed by atoms with Gasteiger partial charge in [-0.1, -0.05) is 24.3 Å². The van der Waals surface area contributed by atoms with Gasteiger partial charge in [-0.15, -0.1) is 18.3 Å². The van der Waals surface area contributed by atoms with E-state index in [0.717, 1.165) is 23.0 Å². The number of aromatic nitrogens is 3. The van der Waals surface area contributed by atoms with Crippen LogP contribution in [0.5, 0.6) is 5.75 Å². The maximum atomic E-state index is 13.8. The molecule has 4 rings (SSSR count). The van der Waals surface area contributed by atoms with Crippen molar-refractivity contribution in [2.75, 3.05) is 6.61 Å². The average molecular weight is 605 g/mol. The average Bonchev–Trinajstić information content (AvgIpc) is 3.41. The van der Waals surface area contributed by atoms with Gasteiger partial charge in [-0.3, -0.25) is 4.79 Å². The minimum absolute atomic E-state index is 0.110. The highest BCUT2D eigenvalue weighted by atomic mass is 19.4. The summed E-state index contributed by atoms with van der Waals surface area (Å²) in [6, 6.07) is 4.70. The SMILES string of the molecule is CCC(=O)[C@@H](OCc1cccc(OC(F)(F)F)c1)[C@@H]1OC(CO)[C@H](O)[C@H](n2cc(-c3cc(F)c(F)c(F)c3)nn2)C1O. The van der Waals surface area contributed by atoms with Crippen molar-refractivity contribution in [3.05, 3.63) is 65.6 Å². The van der Waals surface area contributed by atoms with Crippen molar-refractivity contribution in [3.8, 4) is 17.0 Å². The van der Waals surface area contributed by atoms with E-state index < -0.39 is 85.1 Å². The summed E-state index contributed by atoms with van der Waals surface area (Å²) in [6.07, 6.45) is -11.8. The molecular weight excluding hydrogens is 580 g/mol. The Balaban J connectivity index is 1.61. The summed E-state index contributed by atoms with van der Waals surface area (Å²) in [6.45, 7) is 0.303. The molecular formula is C26H25F6N3O7. The molecule has 228 valence electrons. The van der Waals surface area contributed by atoms with Gasteiger partial charge in [0.05, 0.1) is 19.4 Å². The van der Waals surface area contributed by atoms with Crippen molar-refractivity contribution in [1.82, 2.24) is 15.0 Å². The number of carbonyl (C=O) groups excluding carboxylic acids is 1. The smallest absolute Gasteiger partial charge is 0.406 e. The molecule has 0 aliphatic carbocycles. The van der Waals surface area contributed by atoms with Crippen molar-refractivity contribution in [2.45, 2.75) is 62.9 Å². The minimum atomic E-state index is -4.93. The Morgan fingerprint density at radius 2 is 1.81 bits per heavy atom. The molecule has 0 radical (unpaired) electrons. The van der Waals surface area contributed by atoms with E-state index in [1.54, 1.807) is 0 Å². The largest absolute Gasteiger partial charge is 0.573 e. The number of benzene rings is 2. The van der Waals surface area contributed by atoms with E-state index in [1.165, 1.54) is 19.1 Å². The van der Waals surface area contributed by atoms with E-state index in [0.29, 0.717) is 12.1 Å². The number of nitrogens with zero attached hydrogens (tertiary/aromatic N) is 3. The number of carbonyl (C=O) groups is 1. The second-order valence-corrected chi connectivity index (χ2v) is 9.38. The summed E-state index contributed by atoms with van der Waals surface area (Å²) >= 11 is 0. The van der Waals surface area contributed by atoms with Gasteiger partial charge in [0.25, 0.3) is 0 Å². The lowest BCUT2D eigenvalue weighted by Crippen LogP contribution is -2.60. The van der Waals surface area contributed by atoms with Gasteiger partial charge in [-0.05, 0) is 29.8 Å². The first kappa shape index (κ1) is 31.4. The van der Waals surface area contributed by atoms with Gasteiger partial charge in [0.2, 0.25) is 0 Å². The van der Waals surface area contributed by atoms with Gasteiger partial charge in [0.15, 0.2) is 23.2 Å². The molecule has 16 heteroatoms. The molecule has 0 bridgehead atoms. The third-order valence-corrected chi connectivity index (χ3v) is 6.55. The molecule has 1 aliphatic heterocycles. The van der Waals surface area contributed by atoms with E-state index in [9.17, 15) is 46.5 Å². The Morgan fingerprint density at radius 1 is 1.12 bits per heavy atom. The lowest BCUT2D eigenvalue weighted by molar-refractivity contribution is -0.274. The fourth-order valence-electron chi connectivity index (χ4n) is 4.54. The Kier molecular flexibility index (Phi) is 9.52. The van der Waals surface area contributed by atoms with Crippen molar-refractivity contribution >= 4 is 5.78 Å². The molecule has 3 aromatic rings. The van der Waals surface area contributed by atoms with Crippen molar-refractivity contribution in [2.24, 2.45) is 0 Å². The number of halogens is 6. The highest BCUT2D eigenvalue weighted by Gasteiger charge is 2.50. The Labute approximate surface area is 234 Å². The van der Waals surface area contributed by atoms with Crippen molar-refractivity contribution in [1.29, 1.82) is 0 Å². The van der Waals surface area contributed by atoms with Crippen LogP contribution in [0.1, 0.15) is 24.9 Å². The van der Waals surface area contributed by atoms with Crippen LogP contribution in [0, 0.1) is 17.5 Å². The molecule has 0 saturated carbocycles. The first-order chi connectivity index (χ1) is 19.8. The molecule has 0 spiro atoms. The van der Waals surface area contributed by atoms with E-state index in [1.807, 2.05) is 0 Å². The lowest BCUT2D eigenvalue weighted by Gasteiger charge is -2.44. The van der Waals surface area contributed by atoms with Crippen molar-refractivity contribution < 1.29 is 60.7 Å². The Hall–Kier alpha value is -3.57. The zero-order valence-corrected chi connectivity index (χ0v) is 21.7. The lowest BCUT2D eigenvalue weighted by atomic mass is 9.88. The standard InChI is InChI=1S/C26H25F6N3O7/c1-2-18(37)24(40-11-12-4-3-5-14(6-12)42-26(30,31)32)25-23(39)21(22(38)19(10-36)41-25)35-9-17(33-34-35)13-7-15(27)20(29)16(28)8-13/h3-9,19,21-25,36,38-39H,2,10-11H2,1H3/t19?,21-,22-,23?,24+,25+/m0/s1. The van der Waals surface area contributed by atoms with Crippen LogP contribution in [0.4, 0.5) is 26.3 Å². The second kappa shape index (κ2) is 12.7. The van der Waals surface area contributed by atoms with E-state index in [-0.39, 0.29) is 23.2 Å². The molecule has 1 aliphatic rings. The number of aliphatic hydroxyl groups excluding tert-OH is 3. The minimum Gasteiger partial charge on any atom is -0.406 e. The van der Waals surface area contributed by atoms with Gasteiger partial charge in [0.1, 0.15) is 48.0 Å². The summed E-state index contributed by atoms with van der Waals surface area (Å²) in [5.74, 6) is -5.77. The van der Waals surface area contributed by atoms with Gasteiger partial charge >= 0.3 is 6.36 Å². The molecule has 6 atom stereocenters. The first-order valence-electron chi connectivity index (χ1n) is 12.5. The normalized spacial score (nSPS) is 23.5. The van der Waals surface area contributed by atoms with Crippen molar-refractivity contribution in [3.63, 3.8) is 0 Å². The number of aliphatic hydroxyl groups is 3. The number of ketones is 1. The summed E-state index contributed by atoms with van der Waals surface area (Å²) in [7, 11) is 0. The number of hydrogen-bond acceptors (Lipinski definition) is 9. The Morgan fingerprint density at radius 3 is 2.43 bits per heavy atom. The summed E-state index contributed by atoms with van der Waals surface area (Å²) in [5.41, 5.74) is -0.178. The molecule has 3 N–H and O–H groups in total. The fourth-order valence-corrected chi connectivity index (χ4v) is 4.54. The van der Waals surface area contributed by atoms with Crippen LogP contribution in [0.15, 0.2) is 42.6 Å². The maximum Gasteiger partial charge on any atom is 0.573 e. The third-order valence-electron chi connectivity index (χ3n) is 6.55. The summed E-state index contributed by atoms with van der Waals surface area (Å²) in [4.78, 5) is 12.9. The number of ether oxygens (including phenoxy) is 3. The second-order valence-electron chi connectivity index (χ2n) is 9.38. The van der Waals surface area contributed by atoms with Gasteiger partial charge in [-0.25, -0.2) is 17.9 Å². The van der Waals surface area contributed by atoms with Gasteiger partial charge in [-0.2, -0.15) is 0 Å². The molecule has 1 fully saturated rings. The summed E-state index contributed by atoms with van der Waals surface area (Å²) < 4.78 is 94.9. The van der Waals surface area contributed by atoms with Crippen LogP contribution in [0.2, 0.25) is 0 Å². The van der Waals surface area contributed by atoms with Crippen LogP contribution in [0.25, 0.3) is 11.3 Å². The number of Topliss-reactive ketones (excluding diaryl/α,β-unsaturated/α-hetero) is 1. The molecule has 1 saturated heterocycles. The zero-order valence-electron chi connectivity index (χ0n) is 21.7. The molecule has 0 amide bonds. The van der Waals surface area contributed by atoms with E-state index in [2.05, 4.69) is 15.0 Å². The molecule has 2 unspecified atom stereocenters.